The minimum atomic E-state index is -0.639. The van der Waals surface area contributed by atoms with E-state index in [-0.39, 0.29) is 5.56 Å². The summed E-state index contributed by atoms with van der Waals surface area (Å²) in [6.07, 6.45) is 0.623. The van der Waals surface area contributed by atoms with E-state index >= 15 is 0 Å². The molecule has 0 aliphatic heterocycles. The molecule has 0 heterocycles. The maximum absolute atomic E-state index is 12.9. The summed E-state index contributed by atoms with van der Waals surface area (Å²) in [7, 11) is 0. The zero-order valence-electron chi connectivity index (χ0n) is 6.76. The number of rotatable bonds is 3. The summed E-state index contributed by atoms with van der Waals surface area (Å²) in [5, 5.41) is -0.639. The van der Waals surface area contributed by atoms with Crippen molar-refractivity contribution in [3.8, 4) is 0 Å². The van der Waals surface area contributed by atoms with Crippen molar-refractivity contribution >= 4 is 29.5 Å². The van der Waals surface area contributed by atoms with Gasteiger partial charge in [0.2, 0.25) is 0 Å². The number of carbonyl (C=O) groups excluding carboxylic acids is 1. The van der Waals surface area contributed by atoms with Gasteiger partial charge in [-0.2, -0.15) is 12.6 Å². The van der Waals surface area contributed by atoms with Crippen molar-refractivity contribution in [2.75, 3.05) is 5.75 Å². The van der Waals surface area contributed by atoms with Crippen LogP contribution >= 0.6 is 24.2 Å². The molecule has 0 spiro atoms. The van der Waals surface area contributed by atoms with Crippen LogP contribution in [-0.4, -0.2) is 11.0 Å². The molecule has 0 atom stereocenters. The summed E-state index contributed by atoms with van der Waals surface area (Å²) in [5.41, 5.74) is 0.928. The van der Waals surface area contributed by atoms with Crippen LogP contribution in [-0.2, 0) is 6.42 Å². The van der Waals surface area contributed by atoms with Crippen molar-refractivity contribution in [3.63, 3.8) is 0 Å². The number of benzene rings is 1. The van der Waals surface area contributed by atoms with Gasteiger partial charge in [0.05, 0.1) is 0 Å². The molecule has 0 radical (unpaired) electrons. The van der Waals surface area contributed by atoms with Crippen LogP contribution in [0.25, 0.3) is 0 Å². The summed E-state index contributed by atoms with van der Waals surface area (Å²) < 4.78 is 12.9. The lowest BCUT2D eigenvalue weighted by Crippen LogP contribution is -1.95. The summed E-state index contributed by atoms with van der Waals surface area (Å²) in [6.45, 7) is 0. The number of thiol groups is 1. The van der Waals surface area contributed by atoms with E-state index in [1.165, 1.54) is 6.07 Å². The van der Waals surface area contributed by atoms with E-state index in [4.69, 9.17) is 11.6 Å². The number of carbonyl (C=O) groups is 1. The number of hydrogen-bond donors (Lipinski definition) is 1. The molecule has 0 N–H and O–H groups in total. The molecule has 13 heavy (non-hydrogen) atoms. The number of hydrogen-bond acceptors (Lipinski definition) is 2. The van der Waals surface area contributed by atoms with E-state index in [0.29, 0.717) is 12.2 Å². The molecule has 0 fully saturated rings. The van der Waals surface area contributed by atoms with Crippen LogP contribution in [0, 0.1) is 5.82 Å². The van der Waals surface area contributed by atoms with Crippen LogP contribution in [0.3, 0.4) is 0 Å². The average molecular weight is 219 g/mol. The lowest BCUT2D eigenvalue weighted by molar-refractivity contribution is 0.108. The van der Waals surface area contributed by atoms with Crippen LogP contribution < -0.4 is 0 Å². The van der Waals surface area contributed by atoms with Gasteiger partial charge in [-0.15, -0.1) is 0 Å². The van der Waals surface area contributed by atoms with Crippen LogP contribution in [0.5, 0.6) is 0 Å². The van der Waals surface area contributed by atoms with Gasteiger partial charge in [0.25, 0.3) is 5.24 Å². The van der Waals surface area contributed by atoms with Gasteiger partial charge in [-0.25, -0.2) is 4.39 Å². The van der Waals surface area contributed by atoms with Crippen molar-refractivity contribution in [2.24, 2.45) is 0 Å². The molecule has 0 unspecified atom stereocenters. The molecule has 4 heteroatoms. The second-order valence-electron chi connectivity index (χ2n) is 2.60. The van der Waals surface area contributed by atoms with Gasteiger partial charge in [0.1, 0.15) is 5.82 Å². The summed E-state index contributed by atoms with van der Waals surface area (Å²) in [5.74, 6) is 0.169. The summed E-state index contributed by atoms with van der Waals surface area (Å²) in [4.78, 5) is 10.7. The third kappa shape index (κ3) is 3.01. The summed E-state index contributed by atoms with van der Waals surface area (Å²) >= 11 is 9.23. The standard InChI is InChI=1S/C9H8ClFOS/c10-9(12)7-3-6(1-2-13)4-8(11)5-7/h3-5,13H,1-2H2. The third-order valence-corrected chi connectivity index (χ3v) is 2.03. The molecule has 0 aliphatic carbocycles. The van der Waals surface area contributed by atoms with Crippen molar-refractivity contribution < 1.29 is 9.18 Å². The molecule has 0 amide bonds. The molecule has 1 nitrogen and oxygen atoms in total. The van der Waals surface area contributed by atoms with Gasteiger partial charge >= 0.3 is 0 Å². The highest BCUT2D eigenvalue weighted by Gasteiger charge is 2.05. The van der Waals surface area contributed by atoms with E-state index in [0.717, 1.165) is 11.6 Å². The lowest BCUT2D eigenvalue weighted by atomic mass is 10.1. The molecule has 0 bridgehead atoms. The predicted molar refractivity (Wildman–Crippen MR) is 54.1 cm³/mol. The first-order valence-electron chi connectivity index (χ1n) is 3.73. The Hall–Kier alpha value is -0.540. The second kappa shape index (κ2) is 4.63. The highest BCUT2D eigenvalue weighted by Crippen LogP contribution is 2.12. The van der Waals surface area contributed by atoms with Crippen LogP contribution in [0.1, 0.15) is 15.9 Å². The fourth-order valence-corrected chi connectivity index (χ4v) is 1.40. The molecule has 0 saturated heterocycles. The number of halogens is 2. The smallest absolute Gasteiger partial charge is 0.252 e. The van der Waals surface area contributed by atoms with Crippen molar-refractivity contribution in [3.05, 3.63) is 35.1 Å². The zero-order chi connectivity index (χ0) is 9.84. The van der Waals surface area contributed by atoms with E-state index in [9.17, 15) is 9.18 Å². The normalized spacial score (nSPS) is 10.1. The number of aryl methyl sites for hydroxylation is 1. The Morgan fingerprint density at radius 2 is 2.15 bits per heavy atom. The Morgan fingerprint density at radius 3 is 2.69 bits per heavy atom. The van der Waals surface area contributed by atoms with Gasteiger partial charge in [-0.1, -0.05) is 0 Å². The van der Waals surface area contributed by atoms with Gasteiger partial charge in [0, 0.05) is 5.56 Å². The molecular weight excluding hydrogens is 211 g/mol. The maximum atomic E-state index is 12.9. The fraction of sp³-hybridized carbons (Fsp3) is 0.222. The molecule has 1 rings (SSSR count). The van der Waals surface area contributed by atoms with Crippen molar-refractivity contribution in [1.29, 1.82) is 0 Å². The van der Waals surface area contributed by atoms with E-state index in [2.05, 4.69) is 12.6 Å². The highest BCUT2D eigenvalue weighted by atomic mass is 35.5. The SMILES string of the molecule is O=C(Cl)c1cc(F)cc(CCS)c1. The Kier molecular flexibility index (Phi) is 3.75. The first-order valence-corrected chi connectivity index (χ1v) is 4.74. The highest BCUT2D eigenvalue weighted by molar-refractivity contribution is 7.80. The third-order valence-electron chi connectivity index (χ3n) is 1.59. The van der Waals surface area contributed by atoms with Gasteiger partial charge in [-0.3, -0.25) is 4.79 Å². The topological polar surface area (TPSA) is 17.1 Å². The molecule has 0 saturated carbocycles. The quantitative estimate of drug-likeness (QED) is 0.610. The van der Waals surface area contributed by atoms with Gasteiger partial charge in [0.15, 0.2) is 0 Å². The first kappa shape index (κ1) is 10.5. The molecule has 1 aromatic rings. The van der Waals surface area contributed by atoms with Crippen LogP contribution in [0.15, 0.2) is 18.2 Å². The maximum Gasteiger partial charge on any atom is 0.252 e. The van der Waals surface area contributed by atoms with Crippen molar-refractivity contribution in [2.45, 2.75) is 6.42 Å². The van der Waals surface area contributed by atoms with Gasteiger partial charge in [-0.05, 0) is 47.5 Å². The minimum Gasteiger partial charge on any atom is -0.276 e. The van der Waals surface area contributed by atoms with E-state index in [1.807, 2.05) is 0 Å². The lowest BCUT2D eigenvalue weighted by Gasteiger charge is -2.00. The minimum absolute atomic E-state index is 0.193. The second-order valence-corrected chi connectivity index (χ2v) is 3.39. The Bertz CT molecular complexity index is 327. The molecule has 1 aromatic carbocycles. The first-order chi connectivity index (χ1) is 6.13. The van der Waals surface area contributed by atoms with Crippen LogP contribution in [0.4, 0.5) is 4.39 Å². The van der Waals surface area contributed by atoms with Crippen LogP contribution in [0.2, 0.25) is 0 Å². The predicted octanol–water partition coefficient (Wildman–Crippen LogP) is 2.68. The summed E-state index contributed by atoms with van der Waals surface area (Å²) in [6, 6.07) is 4.07. The largest absolute Gasteiger partial charge is 0.276 e. The molecule has 0 aromatic heterocycles. The van der Waals surface area contributed by atoms with Crippen molar-refractivity contribution in [1.82, 2.24) is 0 Å². The monoisotopic (exact) mass is 218 g/mol. The average Bonchev–Trinajstić information content (AvgIpc) is 2.03. The Morgan fingerprint density at radius 1 is 1.46 bits per heavy atom. The Labute approximate surface area is 86.3 Å². The Balaban J connectivity index is 3.03. The molecule has 70 valence electrons. The van der Waals surface area contributed by atoms with Gasteiger partial charge < -0.3 is 0 Å². The zero-order valence-corrected chi connectivity index (χ0v) is 8.41. The molecular formula is C9H8ClFOS. The van der Waals surface area contributed by atoms with E-state index in [1.54, 1.807) is 6.07 Å². The molecule has 0 aliphatic rings. The van der Waals surface area contributed by atoms with E-state index < -0.39 is 11.1 Å². The fourth-order valence-electron chi connectivity index (χ4n) is 1.04.